The number of nitrogens with zero attached hydrogens (tertiary/aromatic N) is 2. The van der Waals surface area contributed by atoms with Crippen molar-refractivity contribution in [1.29, 1.82) is 0 Å². The number of aromatic amines is 1. The van der Waals surface area contributed by atoms with Gasteiger partial charge >= 0.3 is 0 Å². The molecular formula is C25H27F3N4O2. The second-order valence-electron chi connectivity index (χ2n) is 7.62. The lowest BCUT2D eigenvalue weighted by molar-refractivity contribution is -0.127. The van der Waals surface area contributed by atoms with Crippen molar-refractivity contribution in [3.05, 3.63) is 71.6 Å². The van der Waals surface area contributed by atoms with Crippen LogP contribution < -0.4 is 5.32 Å². The van der Waals surface area contributed by atoms with Gasteiger partial charge in [0.15, 0.2) is 5.82 Å². The van der Waals surface area contributed by atoms with E-state index in [9.17, 15) is 18.0 Å². The molecule has 5 rings (SSSR count). The lowest BCUT2D eigenvalue weighted by Gasteiger charge is -2.23. The molecule has 0 atom stereocenters. The van der Waals surface area contributed by atoms with E-state index in [1.165, 1.54) is 18.2 Å². The van der Waals surface area contributed by atoms with Gasteiger partial charge in [0.05, 0.1) is 12.1 Å². The van der Waals surface area contributed by atoms with E-state index in [1.807, 2.05) is 13.8 Å². The first kappa shape index (κ1) is 25.0. The first-order valence-electron chi connectivity index (χ1n) is 11.2. The van der Waals surface area contributed by atoms with Crippen LogP contribution in [0, 0.1) is 30.3 Å². The fraction of sp³-hybridized carbons (Fsp3) is 0.320. The average Bonchev–Trinajstić information content (AvgIpc) is 3.40. The zero-order valence-electron chi connectivity index (χ0n) is 19.3. The minimum Gasteiger partial charge on any atom is -0.352 e. The van der Waals surface area contributed by atoms with E-state index < -0.39 is 11.6 Å². The van der Waals surface area contributed by atoms with Gasteiger partial charge in [0.1, 0.15) is 17.5 Å². The summed E-state index contributed by atoms with van der Waals surface area (Å²) >= 11 is 0. The van der Waals surface area contributed by atoms with E-state index in [-0.39, 0.29) is 23.2 Å². The topological polar surface area (TPSA) is 83.8 Å². The molecular weight excluding hydrogens is 445 g/mol. The van der Waals surface area contributed by atoms with Crippen molar-refractivity contribution in [3.63, 3.8) is 0 Å². The average molecular weight is 473 g/mol. The van der Waals surface area contributed by atoms with Crippen molar-refractivity contribution in [3.8, 4) is 11.3 Å². The number of nitrogens with one attached hydrogen (secondary N) is 2. The monoisotopic (exact) mass is 472 g/mol. The van der Waals surface area contributed by atoms with Gasteiger partial charge in [-0.25, -0.2) is 13.2 Å². The third-order valence-electron chi connectivity index (χ3n) is 5.26. The Morgan fingerprint density at radius 2 is 1.79 bits per heavy atom. The quantitative estimate of drug-likeness (QED) is 0.377. The number of aryl methyl sites for hydroxylation is 1. The molecule has 2 heterocycles. The molecule has 0 bridgehead atoms. The van der Waals surface area contributed by atoms with Gasteiger partial charge < -0.3 is 14.8 Å². The molecule has 9 heteroatoms. The number of halogens is 3. The summed E-state index contributed by atoms with van der Waals surface area (Å²) in [6.07, 6.45) is 3.18. The number of amides is 1. The first-order chi connectivity index (χ1) is 16.4. The first-order valence-corrected chi connectivity index (χ1v) is 11.2. The third kappa shape index (κ3) is 6.24. The number of rotatable bonds is 4. The summed E-state index contributed by atoms with van der Waals surface area (Å²) in [5.74, 6) is -0.228. The van der Waals surface area contributed by atoms with E-state index in [4.69, 9.17) is 4.52 Å². The van der Waals surface area contributed by atoms with Gasteiger partial charge in [0, 0.05) is 23.1 Å². The van der Waals surface area contributed by atoms with E-state index in [0.29, 0.717) is 34.9 Å². The second-order valence-corrected chi connectivity index (χ2v) is 7.62. The molecule has 34 heavy (non-hydrogen) atoms. The molecule has 1 aliphatic rings. The molecule has 0 unspecified atom stereocenters. The van der Waals surface area contributed by atoms with Gasteiger partial charge in [-0.2, -0.15) is 4.98 Å². The van der Waals surface area contributed by atoms with Gasteiger partial charge in [0.2, 0.25) is 11.8 Å². The summed E-state index contributed by atoms with van der Waals surface area (Å²) in [5.41, 5.74) is 1.58. The Bertz CT molecular complexity index is 1230. The highest BCUT2D eigenvalue weighted by molar-refractivity contribution is 5.86. The fourth-order valence-corrected chi connectivity index (χ4v) is 3.34. The summed E-state index contributed by atoms with van der Waals surface area (Å²) in [5, 5.41) is 6.87. The molecule has 0 radical (unpaired) electrons. The Hall–Kier alpha value is -3.62. The van der Waals surface area contributed by atoms with Crippen molar-refractivity contribution in [1.82, 2.24) is 20.4 Å². The lowest BCUT2D eigenvalue weighted by atomic mass is 9.85. The van der Waals surface area contributed by atoms with Gasteiger partial charge in [-0.05, 0) is 61.7 Å². The number of carbonyl (C=O) groups is 1. The van der Waals surface area contributed by atoms with Crippen LogP contribution in [0.2, 0.25) is 0 Å². The molecule has 4 aromatic rings. The molecule has 0 saturated heterocycles. The third-order valence-corrected chi connectivity index (χ3v) is 5.26. The van der Waals surface area contributed by atoms with E-state index in [1.54, 1.807) is 25.1 Å². The zero-order valence-corrected chi connectivity index (χ0v) is 19.3. The van der Waals surface area contributed by atoms with E-state index >= 15 is 0 Å². The Morgan fingerprint density at radius 3 is 2.38 bits per heavy atom. The van der Waals surface area contributed by atoms with Crippen LogP contribution in [0.5, 0.6) is 0 Å². The Kier molecular flexibility index (Phi) is 8.45. The molecule has 1 saturated carbocycles. The molecule has 2 aromatic heterocycles. The highest BCUT2D eigenvalue weighted by Crippen LogP contribution is 2.27. The van der Waals surface area contributed by atoms with Crippen molar-refractivity contribution in [2.24, 2.45) is 5.92 Å². The lowest BCUT2D eigenvalue weighted by Crippen LogP contribution is -2.34. The maximum absolute atomic E-state index is 13.5. The normalized spacial score (nSPS) is 12.8. The van der Waals surface area contributed by atoms with Crippen LogP contribution in [-0.2, 0) is 11.3 Å². The fourth-order valence-electron chi connectivity index (χ4n) is 3.34. The van der Waals surface area contributed by atoms with Crippen LogP contribution in [0.15, 0.2) is 47.0 Å². The summed E-state index contributed by atoms with van der Waals surface area (Å²) in [6.45, 7) is 6.09. The van der Waals surface area contributed by atoms with Gasteiger partial charge in [-0.1, -0.05) is 25.4 Å². The number of hydrogen-bond donors (Lipinski definition) is 2. The Morgan fingerprint density at radius 1 is 1.09 bits per heavy atom. The second kappa shape index (κ2) is 11.5. The molecule has 1 aliphatic carbocycles. The Labute approximate surface area is 195 Å². The van der Waals surface area contributed by atoms with Crippen LogP contribution in [-0.4, -0.2) is 21.0 Å². The van der Waals surface area contributed by atoms with E-state index in [2.05, 4.69) is 20.4 Å². The molecule has 2 N–H and O–H groups in total. The van der Waals surface area contributed by atoms with Crippen molar-refractivity contribution >= 4 is 16.8 Å². The standard InChI is InChI=1S/C14H8F3N.C9H13N3O2.C2H6/c15-10-3-1-8(2-4-10)13-6-9-5-11(16)7-12(17)14(9)18-13;1-6-11-8(14-12-6)5-10-9(13)7-3-2-4-7;1-2/h1-7,18H;7H,2-5H2,1H3,(H,10,13);1-2H3. The van der Waals surface area contributed by atoms with Crippen molar-refractivity contribution < 1.29 is 22.5 Å². The van der Waals surface area contributed by atoms with Gasteiger partial charge in [0.25, 0.3) is 0 Å². The number of H-pyrrole nitrogens is 1. The largest absolute Gasteiger partial charge is 0.352 e. The zero-order chi connectivity index (χ0) is 24.7. The number of aromatic nitrogens is 3. The van der Waals surface area contributed by atoms with Crippen LogP contribution in [0.1, 0.15) is 44.8 Å². The van der Waals surface area contributed by atoms with Gasteiger partial charge in [-0.15, -0.1) is 0 Å². The summed E-state index contributed by atoms with van der Waals surface area (Å²) < 4.78 is 44.2. The predicted octanol–water partition coefficient (Wildman–Crippen LogP) is 6.07. The summed E-state index contributed by atoms with van der Waals surface area (Å²) in [6, 6.07) is 9.50. The maximum Gasteiger partial charge on any atom is 0.246 e. The van der Waals surface area contributed by atoms with Crippen LogP contribution >= 0.6 is 0 Å². The SMILES string of the molecule is CC.Cc1noc(CNC(=O)C2CCC2)n1.Fc1ccc(-c2cc3cc(F)cc(F)c3[nH]2)cc1. The minimum absolute atomic E-state index is 0.104. The Balaban J connectivity index is 0.000000183. The van der Waals surface area contributed by atoms with E-state index in [0.717, 1.165) is 25.3 Å². The molecule has 180 valence electrons. The number of fused-ring (bicyclic) bond motifs is 1. The molecule has 0 aliphatic heterocycles. The van der Waals surface area contributed by atoms with Crippen LogP contribution in [0.25, 0.3) is 22.2 Å². The van der Waals surface area contributed by atoms with Crippen LogP contribution in [0.4, 0.5) is 13.2 Å². The minimum atomic E-state index is -0.640. The summed E-state index contributed by atoms with van der Waals surface area (Å²) in [4.78, 5) is 18.3. The summed E-state index contributed by atoms with van der Waals surface area (Å²) in [7, 11) is 0. The highest BCUT2D eigenvalue weighted by Gasteiger charge is 2.25. The van der Waals surface area contributed by atoms with Crippen molar-refractivity contribution in [2.75, 3.05) is 0 Å². The number of carbonyl (C=O) groups excluding carboxylic acids is 1. The molecule has 1 fully saturated rings. The van der Waals surface area contributed by atoms with Gasteiger partial charge in [-0.3, -0.25) is 4.79 Å². The molecule has 2 aromatic carbocycles. The number of benzene rings is 2. The molecule has 0 spiro atoms. The highest BCUT2D eigenvalue weighted by atomic mass is 19.1. The number of hydrogen-bond acceptors (Lipinski definition) is 4. The van der Waals surface area contributed by atoms with Crippen LogP contribution in [0.3, 0.4) is 0 Å². The van der Waals surface area contributed by atoms with Crippen molar-refractivity contribution in [2.45, 2.75) is 46.6 Å². The maximum atomic E-state index is 13.5. The molecule has 1 amide bonds. The smallest absolute Gasteiger partial charge is 0.246 e. The predicted molar refractivity (Wildman–Crippen MR) is 123 cm³/mol. The molecule has 6 nitrogen and oxygen atoms in total.